The van der Waals surface area contributed by atoms with Gasteiger partial charge in [0.1, 0.15) is 0 Å². The van der Waals surface area contributed by atoms with Crippen LogP contribution in [0.15, 0.2) is 132 Å². The molecule has 0 amide bonds. The molecule has 2 aliphatic carbocycles. The SMILES string of the molecule is C[SiH](C)[Zr]([Cl])([Cl])([CH]1C(CC(C)(C)C)=Cc2c(-c3ccc(C(C)(C)C)cc3)ccc(-c3ccc(C(C)(C)C)cc3)c21)[CH]1C(CC(C)(C)C)=Cc2c(-c3ccc(C(C)(C)C)cc3)ccc(-c3ccc(C(C)(C)C)cc3)c21. The number of hydrogen-bond donors (Lipinski definition) is 0. The summed E-state index contributed by atoms with van der Waals surface area (Å²) in [7, 11) is 19.3. The standard InChI is InChI=1S/2C34H41.C2H7Si.2ClH.Zr/c2*1-32(2,3)22-23-20-30-28(24-10-14-26(15-11-24)33(4,5)6)18-19-29(31(30)21-23)25-12-16-27(17-13-25)34(7,8)9;1-3-2;;;/h2*10-21H,22H2,1-9H3;3H,1-2H3;2*1H;/q;;;;;+2/p-2. The summed E-state index contributed by atoms with van der Waals surface area (Å²) < 4.78 is -0.228. The van der Waals surface area contributed by atoms with Crippen molar-refractivity contribution in [2.24, 2.45) is 10.8 Å². The fourth-order valence-electron chi connectivity index (χ4n) is 12.3. The maximum absolute atomic E-state index is 9.63. The topological polar surface area (TPSA) is 0 Å². The summed E-state index contributed by atoms with van der Waals surface area (Å²) in [6, 6.07) is 47.3. The summed E-state index contributed by atoms with van der Waals surface area (Å²) in [6.45, 7) is 47.1. The van der Waals surface area contributed by atoms with E-state index in [1.165, 1.54) is 100 Å². The van der Waals surface area contributed by atoms with Crippen LogP contribution < -0.4 is 0 Å². The molecule has 0 aliphatic heterocycles. The van der Waals surface area contributed by atoms with Crippen LogP contribution in [-0.4, -0.2) is 5.92 Å². The monoisotopic (exact) mass is 1120 g/mol. The Morgan fingerprint density at radius 3 is 0.797 bits per heavy atom. The van der Waals surface area contributed by atoms with Crippen molar-refractivity contribution in [2.75, 3.05) is 0 Å². The molecule has 4 heteroatoms. The minimum absolute atomic E-state index is 0.0193. The average molecular weight is 1120 g/mol. The number of hydrogen-bond acceptors (Lipinski definition) is 0. The van der Waals surface area contributed by atoms with Gasteiger partial charge in [0.15, 0.2) is 0 Å². The van der Waals surface area contributed by atoms with Crippen LogP contribution in [-0.2, 0) is 37.2 Å². The Morgan fingerprint density at radius 1 is 0.351 bits per heavy atom. The van der Waals surface area contributed by atoms with E-state index in [4.69, 9.17) is 0 Å². The molecular formula is C70H89Cl2SiZr. The first-order valence-electron chi connectivity index (χ1n) is 27.7. The molecule has 391 valence electrons. The van der Waals surface area contributed by atoms with E-state index in [0.717, 1.165) is 12.8 Å². The molecule has 6 aromatic rings. The van der Waals surface area contributed by atoms with Crippen molar-refractivity contribution in [2.45, 2.75) is 179 Å². The van der Waals surface area contributed by atoms with Crippen LogP contribution in [0.3, 0.4) is 0 Å². The van der Waals surface area contributed by atoms with Crippen molar-refractivity contribution in [3.63, 3.8) is 0 Å². The zero-order chi connectivity index (χ0) is 54.5. The Hall–Kier alpha value is -3.52. The summed E-state index contributed by atoms with van der Waals surface area (Å²) in [5, 5.41) is 0. The third-order valence-electron chi connectivity index (χ3n) is 16.5. The quantitative estimate of drug-likeness (QED) is 0.127. The second-order valence-electron chi connectivity index (χ2n) is 29.4. The molecular weight excluding hydrogens is 1030 g/mol. The number of benzene rings is 6. The molecule has 2 aliphatic rings. The van der Waals surface area contributed by atoms with Crippen molar-refractivity contribution >= 4 is 35.1 Å². The van der Waals surface area contributed by atoms with Gasteiger partial charge in [-0.05, 0) is 0 Å². The average Bonchev–Trinajstić information content (AvgIpc) is 3.86. The van der Waals surface area contributed by atoms with Gasteiger partial charge in [-0.2, -0.15) is 0 Å². The van der Waals surface area contributed by atoms with Gasteiger partial charge in [-0.3, -0.25) is 0 Å². The Bertz CT molecular complexity index is 2910. The Labute approximate surface area is 458 Å². The van der Waals surface area contributed by atoms with Gasteiger partial charge in [0.2, 0.25) is 0 Å². The predicted molar refractivity (Wildman–Crippen MR) is 330 cm³/mol. The fraction of sp³-hybridized carbons (Fsp3) is 0.429. The number of rotatable bonds is 9. The molecule has 0 radical (unpaired) electrons. The van der Waals surface area contributed by atoms with E-state index in [1.54, 1.807) is 0 Å². The molecule has 0 bridgehead atoms. The van der Waals surface area contributed by atoms with Crippen LogP contribution in [0.25, 0.3) is 56.7 Å². The van der Waals surface area contributed by atoms with Crippen LogP contribution >= 0.6 is 17.0 Å². The molecule has 0 spiro atoms. The molecule has 74 heavy (non-hydrogen) atoms. The van der Waals surface area contributed by atoms with Crippen molar-refractivity contribution in [1.82, 2.24) is 0 Å². The number of halogens is 2. The minimum atomic E-state index is -5.57. The van der Waals surface area contributed by atoms with E-state index in [9.17, 15) is 17.0 Å². The zero-order valence-electron chi connectivity index (χ0n) is 49.1. The summed E-state index contributed by atoms with van der Waals surface area (Å²) in [4.78, 5) is 0. The maximum atomic E-state index is 9.63. The van der Waals surface area contributed by atoms with Crippen LogP contribution in [0.2, 0.25) is 13.1 Å². The normalized spacial score (nSPS) is 17.2. The van der Waals surface area contributed by atoms with Gasteiger partial charge in [-0.15, -0.1) is 0 Å². The number of fused-ring (bicyclic) bond motifs is 2. The molecule has 0 saturated carbocycles. The van der Waals surface area contributed by atoms with Crippen molar-refractivity contribution < 1.29 is 15.6 Å². The van der Waals surface area contributed by atoms with Crippen molar-refractivity contribution in [1.29, 1.82) is 0 Å². The van der Waals surface area contributed by atoms with Gasteiger partial charge in [0, 0.05) is 0 Å². The molecule has 2 atom stereocenters. The zero-order valence-corrected chi connectivity index (χ0v) is 54.2. The van der Waals surface area contributed by atoms with E-state index in [1.807, 2.05) is 0 Å². The van der Waals surface area contributed by atoms with Gasteiger partial charge in [0.25, 0.3) is 0 Å². The van der Waals surface area contributed by atoms with Crippen molar-refractivity contribution in [3.8, 4) is 44.5 Å². The second kappa shape index (κ2) is 19.4. The second-order valence-corrected chi connectivity index (χ2v) is 72.0. The fourth-order valence-corrected chi connectivity index (χ4v) is 43.4. The van der Waals surface area contributed by atoms with E-state index < -0.39 is 21.5 Å². The van der Waals surface area contributed by atoms with Crippen LogP contribution in [0.4, 0.5) is 0 Å². The molecule has 0 nitrogen and oxygen atoms in total. The van der Waals surface area contributed by atoms with Gasteiger partial charge >= 0.3 is 462 Å². The van der Waals surface area contributed by atoms with Crippen LogP contribution in [0.5, 0.6) is 0 Å². The Kier molecular flexibility index (Phi) is 14.9. The first-order valence-corrected chi connectivity index (χ1v) is 44.0. The molecule has 8 rings (SSSR count). The molecule has 0 fully saturated rings. The third-order valence-corrected chi connectivity index (χ3v) is 68.2. The molecule has 0 N–H and O–H groups in total. The van der Waals surface area contributed by atoms with Gasteiger partial charge in [-0.1, -0.05) is 0 Å². The summed E-state index contributed by atoms with van der Waals surface area (Å²) in [5.74, 6) is -2.02. The van der Waals surface area contributed by atoms with Gasteiger partial charge in [-0.25, -0.2) is 0 Å². The number of allylic oxidation sites excluding steroid dienone is 2. The van der Waals surface area contributed by atoms with Gasteiger partial charge < -0.3 is 0 Å². The first-order chi connectivity index (χ1) is 34.0. The van der Waals surface area contributed by atoms with E-state index in [2.05, 4.69) is 271 Å². The molecule has 0 aromatic heterocycles. The van der Waals surface area contributed by atoms with Crippen LogP contribution in [0, 0.1) is 10.8 Å². The molecule has 0 heterocycles. The van der Waals surface area contributed by atoms with Gasteiger partial charge in [0.05, 0.1) is 0 Å². The molecule has 6 aromatic carbocycles. The first kappa shape index (κ1) is 56.7. The molecule has 0 saturated heterocycles. The predicted octanol–water partition coefficient (Wildman–Crippen LogP) is 22.0. The van der Waals surface area contributed by atoms with Crippen LogP contribution in [0.1, 0.15) is 189 Å². The summed E-state index contributed by atoms with van der Waals surface area (Å²) >= 11 is -5.57. The third kappa shape index (κ3) is 11.0. The van der Waals surface area contributed by atoms with E-state index in [0.29, 0.717) is 0 Å². The van der Waals surface area contributed by atoms with E-state index >= 15 is 0 Å². The Morgan fingerprint density at radius 2 is 0.581 bits per heavy atom. The summed E-state index contributed by atoms with van der Waals surface area (Å²) in [6.07, 6.45) is 7.01. The Balaban J connectivity index is 1.50. The molecule has 2 unspecified atom stereocenters. The summed E-state index contributed by atoms with van der Waals surface area (Å²) in [5.41, 5.74) is 23.6. The van der Waals surface area contributed by atoms with E-state index in [-0.39, 0.29) is 39.7 Å². The van der Waals surface area contributed by atoms with Crippen molar-refractivity contribution in [3.05, 3.63) is 177 Å².